The Balaban J connectivity index is 1.93. The van der Waals surface area contributed by atoms with E-state index in [0.717, 1.165) is 42.4 Å². The van der Waals surface area contributed by atoms with Crippen LogP contribution in [0.25, 0.3) is 11.5 Å². The minimum absolute atomic E-state index is 0.127. The summed E-state index contributed by atoms with van der Waals surface area (Å²) >= 11 is 0. The predicted molar refractivity (Wildman–Crippen MR) is 83.2 cm³/mol. The van der Waals surface area contributed by atoms with Gasteiger partial charge in [0.2, 0.25) is 5.91 Å². The standard InChI is InChI=1S/C16H21N5O/c1-11-9-14(16-17-6-8-20(16)3)19-15(18-11)13-5-4-7-21(10-13)12(2)22/h6,8-9,13H,4-5,7,10H2,1-3H3/t13-/m0/s1. The molecule has 0 spiro atoms. The second-order valence-electron chi connectivity index (χ2n) is 5.92. The molecule has 2 aromatic rings. The Morgan fingerprint density at radius 3 is 2.86 bits per heavy atom. The Bertz CT molecular complexity index is 694. The molecule has 6 nitrogen and oxygen atoms in total. The Morgan fingerprint density at radius 2 is 2.18 bits per heavy atom. The summed E-state index contributed by atoms with van der Waals surface area (Å²) in [5.41, 5.74) is 1.78. The zero-order chi connectivity index (χ0) is 15.7. The first kappa shape index (κ1) is 14.7. The predicted octanol–water partition coefficient (Wildman–Crippen LogP) is 1.91. The van der Waals surface area contributed by atoms with Crippen LogP contribution in [0.4, 0.5) is 0 Å². The maximum absolute atomic E-state index is 11.6. The number of nitrogens with zero attached hydrogens (tertiary/aromatic N) is 5. The lowest BCUT2D eigenvalue weighted by Gasteiger charge is -2.31. The molecular formula is C16H21N5O. The minimum atomic E-state index is 0.127. The minimum Gasteiger partial charge on any atom is -0.342 e. The average Bonchev–Trinajstić information content (AvgIpc) is 2.93. The zero-order valence-corrected chi connectivity index (χ0v) is 13.3. The van der Waals surface area contributed by atoms with E-state index in [2.05, 4.69) is 9.97 Å². The monoisotopic (exact) mass is 299 g/mol. The van der Waals surface area contributed by atoms with Crippen molar-refractivity contribution in [1.82, 2.24) is 24.4 Å². The van der Waals surface area contributed by atoms with Gasteiger partial charge in [0.15, 0.2) is 5.82 Å². The van der Waals surface area contributed by atoms with Gasteiger partial charge in [-0.15, -0.1) is 0 Å². The highest BCUT2D eigenvalue weighted by molar-refractivity contribution is 5.73. The Labute approximate surface area is 130 Å². The molecule has 0 unspecified atom stereocenters. The Morgan fingerprint density at radius 1 is 1.36 bits per heavy atom. The first-order valence-electron chi connectivity index (χ1n) is 7.63. The molecule has 1 aliphatic rings. The highest BCUT2D eigenvalue weighted by Crippen LogP contribution is 2.26. The van der Waals surface area contributed by atoms with Crippen molar-refractivity contribution >= 4 is 5.91 Å². The molecule has 1 aliphatic heterocycles. The summed E-state index contributed by atoms with van der Waals surface area (Å²) in [7, 11) is 1.96. The van der Waals surface area contributed by atoms with Gasteiger partial charge in [-0.2, -0.15) is 0 Å². The number of aromatic nitrogens is 4. The van der Waals surface area contributed by atoms with Gasteiger partial charge in [0.1, 0.15) is 11.5 Å². The maximum Gasteiger partial charge on any atom is 0.219 e. The third-order valence-electron chi connectivity index (χ3n) is 4.15. The van der Waals surface area contributed by atoms with Crippen LogP contribution in [0.2, 0.25) is 0 Å². The molecule has 0 saturated carbocycles. The van der Waals surface area contributed by atoms with Gasteiger partial charge in [-0.05, 0) is 25.8 Å². The molecular weight excluding hydrogens is 278 g/mol. The summed E-state index contributed by atoms with van der Waals surface area (Å²) < 4.78 is 1.95. The van der Waals surface area contributed by atoms with Gasteiger partial charge < -0.3 is 9.47 Å². The summed E-state index contributed by atoms with van der Waals surface area (Å²) in [6.45, 7) is 5.14. The SMILES string of the molecule is CC(=O)N1CCC[C@H](c2nc(C)cc(-c3nccn3C)n2)C1. The van der Waals surface area contributed by atoms with Crippen molar-refractivity contribution in [3.63, 3.8) is 0 Å². The van der Waals surface area contributed by atoms with E-state index in [9.17, 15) is 4.79 Å². The fraction of sp³-hybridized carbons (Fsp3) is 0.500. The van der Waals surface area contributed by atoms with Gasteiger partial charge >= 0.3 is 0 Å². The van der Waals surface area contributed by atoms with E-state index in [4.69, 9.17) is 4.98 Å². The van der Waals surface area contributed by atoms with Crippen LogP contribution in [0.1, 0.15) is 37.2 Å². The average molecular weight is 299 g/mol. The van der Waals surface area contributed by atoms with E-state index >= 15 is 0 Å². The number of hydrogen-bond donors (Lipinski definition) is 0. The van der Waals surface area contributed by atoms with E-state index in [1.807, 2.05) is 35.7 Å². The van der Waals surface area contributed by atoms with Crippen LogP contribution in [0, 0.1) is 6.92 Å². The summed E-state index contributed by atoms with van der Waals surface area (Å²) in [6.07, 6.45) is 5.70. The van der Waals surface area contributed by atoms with Crippen molar-refractivity contribution in [2.45, 2.75) is 32.6 Å². The molecule has 3 rings (SSSR count). The van der Waals surface area contributed by atoms with Gasteiger partial charge in [0, 0.05) is 51.1 Å². The van der Waals surface area contributed by atoms with Crippen LogP contribution in [0.5, 0.6) is 0 Å². The molecule has 0 bridgehead atoms. The lowest BCUT2D eigenvalue weighted by atomic mass is 9.97. The number of amides is 1. The highest BCUT2D eigenvalue weighted by atomic mass is 16.2. The number of rotatable bonds is 2. The molecule has 1 fully saturated rings. The van der Waals surface area contributed by atoms with Crippen molar-refractivity contribution in [1.29, 1.82) is 0 Å². The lowest BCUT2D eigenvalue weighted by Crippen LogP contribution is -2.38. The number of aryl methyl sites for hydroxylation is 2. The molecule has 2 aromatic heterocycles. The highest BCUT2D eigenvalue weighted by Gasteiger charge is 2.25. The van der Waals surface area contributed by atoms with E-state index in [-0.39, 0.29) is 11.8 Å². The van der Waals surface area contributed by atoms with Gasteiger partial charge in [-0.1, -0.05) is 0 Å². The second kappa shape index (κ2) is 5.87. The maximum atomic E-state index is 11.6. The summed E-state index contributed by atoms with van der Waals surface area (Å²) in [4.78, 5) is 27.2. The van der Waals surface area contributed by atoms with Crippen LogP contribution in [0.15, 0.2) is 18.5 Å². The summed E-state index contributed by atoms with van der Waals surface area (Å²) in [5.74, 6) is 1.99. The van der Waals surface area contributed by atoms with E-state index in [1.165, 1.54) is 0 Å². The number of hydrogen-bond acceptors (Lipinski definition) is 4. The number of piperidine rings is 1. The number of likely N-dealkylation sites (tertiary alicyclic amines) is 1. The molecule has 22 heavy (non-hydrogen) atoms. The molecule has 6 heteroatoms. The Kier molecular flexibility index (Phi) is 3.92. The van der Waals surface area contributed by atoms with Crippen LogP contribution in [-0.2, 0) is 11.8 Å². The fourth-order valence-electron chi connectivity index (χ4n) is 2.97. The third-order valence-corrected chi connectivity index (χ3v) is 4.15. The molecule has 1 atom stereocenters. The van der Waals surface area contributed by atoms with E-state index in [1.54, 1.807) is 13.1 Å². The molecule has 0 aliphatic carbocycles. The van der Waals surface area contributed by atoms with Gasteiger partial charge in [-0.25, -0.2) is 15.0 Å². The van der Waals surface area contributed by atoms with Gasteiger partial charge in [0.05, 0.1) is 0 Å². The quantitative estimate of drug-likeness (QED) is 0.850. The van der Waals surface area contributed by atoms with Crippen LogP contribution in [-0.4, -0.2) is 43.4 Å². The second-order valence-corrected chi connectivity index (χ2v) is 5.92. The molecule has 0 radical (unpaired) electrons. The number of carbonyl (C=O) groups excluding carboxylic acids is 1. The Hall–Kier alpha value is -2.24. The van der Waals surface area contributed by atoms with E-state index < -0.39 is 0 Å². The van der Waals surface area contributed by atoms with Crippen molar-refractivity contribution in [2.75, 3.05) is 13.1 Å². The molecule has 1 saturated heterocycles. The summed E-state index contributed by atoms with van der Waals surface area (Å²) in [6, 6.07) is 1.96. The van der Waals surface area contributed by atoms with Gasteiger partial charge in [-0.3, -0.25) is 4.79 Å². The van der Waals surface area contributed by atoms with Crippen LogP contribution >= 0.6 is 0 Å². The first-order valence-corrected chi connectivity index (χ1v) is 7.63. The number of carbonyl (C=O) groups is 1. The fourth-order valence-corrected chi connectivity index (χ4v) is 2.97. The molecule has 3 heterocycles. The van der Waals surface area contributed by atoms with Crippen molar-refractivity contribution < 1.29 is 4.79 Å². The molecule has 1 amide bonds. The normalized spacial score (nSPS) is 18.5. The van der Waals surface area contributed by atoms with Crippen molar-refractivity contribution in [3.05, 3.63) is 30.0 Å². The largest absolute Gasteiger partial charge is 0.342 e. The lowest BCUT2D eigenvalue weighted by molar-refractivity contribution is -0.130. The third kappa shape index (κ3) is 2.86. The molecule has 116 valence electrons. The van der Waals surface area contributed by atoms with Crippen LogP contribution in [0.3, 0.4) is 0 Å². The topological polar surface area (TPSA) is 63.9 Å². The van der Waals surface area contributed by atoms with Gasteiger partial charge in [0.25, 0.3) is 0 Å². The summed E-state index contributed by atoms with van der Waals surface area (Å²) in [5, 5.41) is 0. The number of imidazole rings is 1. The van der Waals surface area contributed by atoms with Crippen molar-refractivity contribution in [3.8, 4) is 11.5 Å². The first-order chi connectivity index (χ1) is 10.5. The smallest absolute Gasteiger partial charge is 0.219 e. The van der Waals surface area contributed by atoms with Crippen molar-refractivity contribution in [2.24, 2.45) is 7.05 Å². The molecule has 0 N–H and O–H groups in total. The zero-order valence-electron chi connectivity index (χ0n) is 13.3. The van der Waals surface area contributed by atoms with E-state index in [0.29, 0.717) is 6.54 Å². The molecule has 0 aromatic carbocycles. The van der Waals surface area contributed by atoms with Crippen LogP contribution < -0.4 is 0 Å².